The van der Waals surface area contributed by atoms with E-state index in [1.54, 1.807) is 20.3 Å². The zero-order chi connectivity index (χ0) is 19.1. The van der Waals surface area contributed by atoms with Crippen LogP contribution in [0.1, 0.15) is 43.9 Å². The fourth-order valence-corrected chi connectivity index (χ4v) is 2.63. The van der Waals surface area contributed by atoms with Gasteiger partial charge >= 0.3 is 0 Å². The van der Waals surface area contributed by atoms with Gasteiger partial charge in [0, 0.05) is 11.6 Å². The highest BCUT2D eigenvalue weighted by molar-refractivity contribution is 5.78. The van der Waals surface area contributed by atoms with E-state index in [0.29, 0.717) is 23.2 Å². The maximum atomic E-state index is 12.2. The summed E-state index contributed by atoms with van der Waals surface area (Å²) in [6, 6.07) is 13.1. The standard InChI is InChI=1S/C21H27NO4/c1-14(2)16-6-8-17(9-7-16)26-13-21(23)22-15(3)19-11-10-18(24-4)12-20(19)25-5/h6-12,14-15H,13H2,1-5H3,(H,22,23). The molecule has 0 aliphatic heterocycles. The van der Waals surface area contributed by atoms with Gasteiger partial charge in [0.15, 0.2) is 6.61 Å². The molecule has 0 spiro atoms. The van der Waals surface area contributed by atoms with Gasteiger partial charge in [-0.3, -0.25) is 4.79 Å². The lowest BCUT2D eigenvalue weighted by Gasteiger charge is -2.18. The molecular weight excluding hydrogens is 330 g/mol. The third-order valence-corrected chi connectivity index (χ3v) is 4.20. The molecule has 0 fully saturated rings. The molecule has 2 aromatic rings. The van der Waals surface area contributed by atoms with Gasteiger partial charge in [0.2, 0.25) is 0 Å². The number of hydrogen-bond donors (Lipinski definition) is 1. The molecule has 1 atom stereocenters. The Morgan fingerprint density at radius 3 is 2.19 bits per heavy atom. The molecule has 0 aliphatic carbocycles. The van der Waals surface area contributed by atoms with Crippen molar-refractivity contribution in [3.8, 4) is 17.2 Å². The minimum Gasteiger partial charge on any atom is -0.497 e. The molecule has 1 unspecified atom stereocenters. The van der Waals surface area contributed by atoms with Crippen molar-refractivity contribution in [2.24, 2.45) is 0 Å². The van der Waals surface area contributed by atoms with Crippen molar-refractivity contribution in [3.05, 3.63) is 53.6 Å². The first-order chi connectivity index (χ1) is 12.4. The first-order valence-corrected chi connectivity index (χ1v) is 8.68. The van der Waals surface area contributed by atoms with Crippen LogP contribution in [0.25, 0.3) is 0 Å². The Morgan fingerprint density at radius 1 is 0.962 bits per heavy atom. The minimum absolute atomic E-state index is 0.0379. The molecular formula is C21H27NO4. The highest BCUT2D eigenvalue weighted by atomic mass is 16.5. The Bertz CT molecular complexity index is 725. The average Bonchev–Trinajstić information content (AvgIpc) is 2.65. The first kappa shape index (κ1) is 19.6. The monoisotopic (exact) mass is 357 g/mol. The number of carbonyl (C=O) groups is 1. The van der Waals surface area contributed by atoms with E-state index in [-0.39, 0.29) is 18.6 Å². The number of benzene rings is 2. The number of rotatable bonds is 8. The van der Waals surface area contributed by atoms with Gasteiger partial charge in [0.25, 0.3) is 5.91 Å². The zero-order valence-electron chi connectivity index (χ0n) is 16.0. The van der Waals surface area contributed by atoms with Crippen molar-refractivity contribution in [1.82, 2.24) is 5.32 Å². The van der Waals surface area contributed by atoms with Gasteiger partial charge in [0.1, 0.15) is 17.2 Å². The highest BCUT2D eigenvalue weighted by Gasteiger charge is 2.15. The Balaban J connectivity index is 1.92. The molecule has 0 heterocycles. The second-order valence-electron chi connectivity index (χ2n) is 6.41. The van der Waals surface area contributed by atoms with Crippen molar-refractivity contribution in [2.75, 3.05) is 20.8 Å². The molecule has 26 heavy (non-hydrogen) atoms. The number of carbonyl (C=O) groups excluding carboxylic acids is 1. The van der Waals surface area contributed by atoms with Crippen LogP contribution in [0.5, 0.6) is 17.2 Å². The van der Waals surface area contributed by atoms with Crippen LogP contribution in [-0.2, 0) is 4.79 Å². The average molecular weight is 357 g/mol. The number of nitrogens with one attached hydrogen (secondary N) is 1. The molecule has 0 saturated carbocycles. The fraction of sp³-hybridized carbons (Fsp3) is 0.381. The SMILES string of the molecule is COc1ccc(C(C)NC(=O)COc2ccc(C(C)C)cc2)c(OC)c1. The molecule has 1 amide bonds. The van der Waals surface area contributed by atoms with Gasteiger partial charge in [-0.1, -0.05) is 26.0 Å². The number of amides is 1. The maximum Gasteiger partial charge on any atom is 0.258 e. The summed E-state index contributed by atoms with van der Waals surface area (Å²) in [5.41, 5.74) is 2.12. The van der Waals surface area contributed by atoms with Crippen molar-refractivity contribution < 1.29 is 19.0 Å². The lowest BCUT2D eigenvalue weighted by atomic mass is 10.0. The van der Waals surface area contributed by atoms with E-state index < -0.39 is 0 Å². The molecule has 140 valence electrons. The minimum atomic E-state index is -0.213. The van der Waals surface area contributed by atoms with Crippen LogP contribution in [-0.4, -0.2) is 26.7 Å². The highest BCUT2D eigenvalue weighted by Crippen LogP contribution is 2.29. The van der Waals surface area contributed by atoms with Crippen molar-refractivity contribution >= 4 is 5.91 Å². The second-order valence-corrected chi connectivity index (χ2v) is 6.41. The number of hydrogen-bond acceptors (Lipinski definition) is 4. The molecule has 0 bridgehead atoms. The predicted molar refractivity (Wildman–Crippen MR) is 102 cm³/mol. The molecule has 0 saturated heterocycles. The van der Waals surface area contributed by atoms with E-state index in [0.717, 1.165) is 5.56 Å². The summed E-state index contributed by atoms with van der Waals surface area (Å²) in [6.45, 7) is 6.14. The Labute approximate surface area is 155 Å². The van der Waals surface area contributed by atoms with E-state index in [1.165, 1.54) is 5.56 Å². The van der Waals surface area contributed by atoms with Crippen molar-refractivity contribution in [3.63, 3.8) is 0 Å². The fourth-order valence-electron chi connectivity index (χ4n) is 2.63. The first-order valence-electron chi connectivity index (χ1n) is 8.68. The summed E-state index contributed by atoms with van der Waals surface area (Å²) < 4.78 is 16.2. The molecule has 2 aromatic carbocycles. The van der Waals surface area contributed by atoms with E-state index in [9.17, 15) is 4.79 Å². The van der Waals surface area contributed by atoms with Crippen LogP contribution in [0.4, 0.5) is 0 Å². The summed E-state index contributed by atoms with van der Waals surface area (Å²) in [5.74, 6) is 2.33. The lowest BCUT2D eigenvalue weighted by molar-refractivity contribution is -0.123. The van der Waals surface area contributed by atoms with E-state index >= 15 is 0 Å². The summed E-state index contributed by atoms with van der Waals surface area (Å²) in [7, 11) is 3.20. The predicted octanol–water partition coefficient (Wildman–Crippen LogP) is 4.08. The Kier molecular flexibility index (Phi) is 6.89. The topological polar surface area (TPSA) is 56.8 Å². The van der Waals surface area contributed by atoms with Crippen LogP contribution < -0.4 is 19.5 Å². The van der Waals surface area contributed by atoms with Gasteiger partial charge in [-0.2, -0.15) is 0 Å². The molecule has 0 radical (unpaired) electrons. The molecule has 5 nitrogen and oxygen atoms in total. The normalized spacial score (nSPS) is 11.8. The Hall–Kier alpha value is -2.69. The lowest BCUT2D eigenvalue weighted by Crippen LogP contribution is -2.31. The van der Waals surface area contributed by atoms with Gasteiger partial charge in [-0.25, -0.2) is 0 Å². The molecule has 0 aliphatic rings. The van der Waals surface area contributed by atoms with E-state index in [2.05, 4.69) is 19.2 Å². The van der Waals surface area contributed by atoms with E-state index in [4.69, 9.17) is 14.2 Å². The summed E-state index contributed by atoms with van der Waals surface area (Å²) in [4.78, 5) is 12.2. The quantitative estimate of drug-likeness (QED) is 0.773. The van der Waals surface area contributed by atoms with Crippen LogP contribution in [0.2, 0.25) is 0 Å². The van der Waals surface area contributed by atoms with Crippen LogP contribution in [0.15, 0.2) is 42.5 Å². The smallest absolute Gasteiger partial charge is 0.258 e. The summed E-state index contributed by atoms with van der Waals surface area (Å²) in [5, 5.41) is 2.92. The van der Waals surface area contributed by atoms with Crippen molar-refractivity contribution in [1.29, 1.82) is 0 Å². The third-order valence-electron chi connectivity index (χ3n) is 4.20. The number of methoxy groups -OCH3 is 2. The van der Waals surface area contributed by atoms with Gasteiger partial charge in [-0.05, 0) is 42.7 Å². The molecule has 5 heteroatoms. The van der Waals surface area contributed by atoms with Crippen LogP contribution in [0, 0.1) is 0 Å². The van der Waals surface area contributed by atoms with E-state index in [1.807, 2.05) is 43.3 Å². The van der Waals surface area contributed by atoms with Gasteiger partial charge in [-0.15, -0.1) is 0 Å². The second kappa shape index (κ2) is 9.13. The van der Waals surface area contributed by atoms with Crippen LogP contribution >= 0.6 is 0 Å². The largest absolute Gasteiger partial charge is 0.497 e. The Morgan fingerprint density at radius 2 is 1.62 bits per heavy atom. The summed E-state index contributed by atoms with van der Waals surface area (Å²) in [6.07, 6.45) is 0. The third kappa shape index (κ3) is 5.15. The molecule has 0 aromatic heterocycles. The number of ether oxygens (including phenoxy) is 3. The summed E-state index contributed by atoms with van der Waals surface area (Å²) >= 11 is 0. The van der Waals surface area contributed by atoms with Crippen LogP contribution in [0.3, 0.4) is 0 Å². The van der Waals surface area contributed by atoms with Crippen molar-refractivity contribution in [2.45, 2.75) is 32.7 Å². The van der Waals surface area contributed by atoms with Gasteiger partial charge < -0.3 is 19.5 Å². The molecule has 1 N–H and O–H groups in total. The van der Waals surface area contributed by atoms with Gasteiger partial charge in [0.05, 0.1) is 20.3 Å². The molecule has 2 rings (SSSR count). The zero-order valence-corrected chi connectivity index (χ0v) is 16.0. The maximum absolute atomic E-state index is 12.2.